The Labute approximate surface area is 52.2 Å². The van der Waals surface area contributed by atoms with E-state index in [1.807, 2.05) is 0 Å². The van der Waals surface area contributed by atoms with Crippen LogP contribution in [0.15, 0.2) is 18.6 Å². The SMILES string of the molecule is N#CNc1cnccn1. The van der Waals surface area contributed by atoms with Gasteiger partial charge in [-0.15, -0.1) is 0 Å². The van der Waals surface area contributed by atoms with Gasteiger partial charge < -0.3 is 0 Å². The van der Waals surface area contributed by atoms with Gasteiger partial charge in [0.15, 0.2) is 12.0 Å². The fourth-order valence-electron chi connectivity index (χ4n) is 0.421. The van der Waals surface area contributed by atoms with E-state index in [0.717, 1.165) is 0 Å². The van der Waals surface area contributed by atoms with E-state index in [2.05, 4.69) is 15.3 Å². The van der Waals surface area contributed by atoms with Gasteiger partial charge in [-0.25, -0.2) is 4.98 Å². The van der Waals surface area contributed by atoms with Crippen molar-refractivity contribution in [1.29, 1.82) is 5.26 Å². The summed E-state index contributed by atoms with van der Waals surface area (Å²) in [5, 5.41) is 10.4. The first-order valence-electron chi connectivity index (χ1n) is 2.34. The second kappa shape index (κ2) is 2.62. The molecular weight excluding hydrogens is 116 g/mol. The summed E-state index contributed by atoms with van der Waals surface area (Å²) in [7, 11) is 0. The van der Waals surface area contributed by atoms with Crippen molar-refractivity contribution in [3.63, 3.8) is 0 Å². The topological polar surface area (TPSA) is 61.6 Å². The monoisotopic (exact) mass is 120 g/mol. The smallest absolute Gasteiger partial charge is 0.182 e. The number of nitrogens with one attached hydrogen (secondary N) is 1. The molecular formula is C5H4N4. The lowest BCUT2D eigenvalue weighted by molar-refractivity contribution is 1.20. The van der Waals surface area contributed by atoms with Gasteiger partial charge in [-0.05, 0) is 0 Å². The second-order valence-electron chi connectivity index (χ2n) is 1.33. The van der Waals surface area contributed by atoms with Crippen molar-refractivity contribution < 1.29 is 0 Å². The van der Waals surface area contributed by atoms with Crippen molar-refractivity contribution in [1.82, 2.24) is 9.97 Å². The number of hydrogen-bond acceptors (Lipinski definition) is 4. The molecule has 0 saturated heterocycles. The van der Waals surface area contributed by atoms with Gasteiger partial charge in [0.05, 0.1) is 6.20 Å². The van der Waals surface area contributed by atoms with Crippen molar-refractivity contribution in [3.05, 3.63) is 18.6 Å². The molecule has 0 radical (unpaired) electrons. The summed E-state index contributed by atoms with van der Waals surface area (Å²) in [6.07, 6.45) is 6.26. The van der Waals surface area contributed by atoms with Crippen LogP contribution in [0.4, 0.5) is 5.82 Å². The summed E-state index contributed by atoms with van der Waals surface area (Å²) in [5.74, 6) is 0.472. The molecule has 0 bridgehead atoms. The van der Waals surface area contributed by atoms with Gasteiger partial charge in [0.2, 0.25) is 0 Å². The fraction of sp³-hybridized carbons (Fsp3) is 0. The molecule has 4 nitrogen and oxygen atoms in total. The quantitative estimate of drug-likeness (QED) is 0.429. The Hall–Kier alpha value is -1.63. The highest BCUT2D eigenvalue weighted by Crippen LogP contribution is 1.93. The van der Waals surface area contributed by atoms with Gasteiger partial charge >= 0.3 is 0 Å². The lowest BCUT2D eigenvalue weighted by atomic mass is 10.7. The maximum atomic E-state index is 8.09. The Morgan fingerprint density at radius 1 is 1.56 bits per heavy atom. The molecule has 44 valence electrons. The number of anilines is 1. The second-order valence-corrected chi connectivity index (χ2v) is 1.33. The van der Waals surface area contributed by atoms with Crippen LogP contribution < -0.4 is 5.32 Å². The third-order valence-electron chi connectivity index (χ3n) is 0.747. The molecule has 1 heterocycles. The zero-order chi connectivity index (χ0) is 6.53. The molecule has 1 N–H and O–H groups in total. The minimum atomic E-state index is 0.472. The number of rotatable bonds is 1. The van der Waals surface area contributed by atoms with Crippen LogP contribution in [-0.4, -0.2) is 9.97 Å². The van der Waals surface area contributed by atoms with E-state index in [0.29, 0.717) is 5.82 Å². The molecule has 1 rings (SSSR count). The third kappa shape index (κ3) is 1.39. The molecule has 0 aromatic carbocycles. The zero-order valence-corrected chi connectivity index (χ0v) is 4.57. The van der Waals surface area contributed by atoms with Crippen molar-refractivity contribution in [2.45, 2.75) is 0 Å². The lowest BCUT2D eigenvalue weighted by Crippen LogP contribution is -1.90. The molecule has 0 unspecified atom stereocenters. The van der Waals surface area contributed by atoms with Crippen molar-refractivity contribution in [2.75, 3.05) is 5.32 Å². The number of hydrogen-bond donors (Lipinski definition) is 1. The van der Waals surface area contributed by atoms with Gasteiger partial charge in [0, 0.05) is 12.4 Å². The molecule has 0 saturated carbocycles. The summed E-state index contributed by atoms with van der Waals surface area (Å²) in [5.41, 5.74) is 0. The first kappa shape index (κ1) is 5.51. The summed E-state index contributed by atoms with van der Waals surface area (Å²) in [6.45, 7) is 0. The molecule has 0 fully saturated rings. The first-order valence-corrected chi connectivity index (χ1v) is 2.34. The van der Waals surface area contributed by atoms with E-state index >= 15 is 0 Å². The van der Waals surface area contributed by atoms with Gasteiger partial charge in [-0.1, -0.05) is 0 Å². The zero-order valence-electron chi connectivity index (χ0n) is 4.57. The fourth-order valence-corrected chi connectivity index (χ4v) is 0.421. The van der Waals surface area contributed by atoms with E-state index in [-0.39, 0.29) is 0 Å². The van der Waals surface area contributed by atoms with Gasteiger partial charge in [0.25, 0.3) is 0 Å². The van der Waals surface area contributed by atoms with Crippen LogP contribution in [0.1, 0.15) is 0 Å². The average Bonchev–Trinajstić information content (AvgIpc) is 1.91. The molecule has 0 amide bonds. The van der Waals surface area contributed by atoms with E-state index < -0.39 is 0 Å². The van der Waals surface area contributed by atoms with Crippen LogP contribution >= 0.6 is 0 Å². The highest BCUT2D eigenvalue weighted by molar-refractivity contribution is 5.34. The minimum Gasteiger partial charge on any atom is -0.276 e. The molecule has 1 aromatic rings. The molecule has 0 aliphatic heterocycles. The Morgan fingerprint density at radius 2 is 2.44 bits per heavy atom. The van der Waals surface area contributed by atoms with Crippen LogP contribution in [0.2, 0.25) is 0 Å². The Balaban J connectivity index is 2.76. The average molecular weight is 120 g/mol. The van der Waals surface area contributed by atoms with E-state index in [1.54, 1.807) is 12.4 Å². The van der Waals surface area contributed by atoms with Gasteiger partial charge in [-0.2, -0.15) is 5.26 Å². The molecule has 9 heavy (non-hydrogen) atoms. The Morgan fingerprint density at radius 3 is 3.00 bits per heavy atom. The highest BCUT2D eigenvalue weighted by Gasteiger charge is 1.84. The van der Waals surface area contributed by atoms with E-state index in [9.17, 15) is 0 Å². The highest BCUT2D eigenvalue weighted by atomic mass is 15.0. The van der Waals surface area contributed by atoms with Crippen molar-refractivity contribution in [2.24, 2.45) is 0 Å². The molecule has 0 spiro atoms. The van der Waals surface area contributed by atoms with Crippen LogP contribution in [0.25, 0.3) is 0 Å². The number of nitriles is 1. The van der Waals surface area contributed by atoms with Crippen LogP contribution in [0.5, 0.6) is 0 Å². The number of nitrogens with zero attached hydrogens (tertiary/aromatic N) is 3. The van der Waals surface area contributed by atoms with E-state index in [4.69, 9.17) is 5.26 Å². The molecule has 4 heteroatoms. The first-order chi connectivity index (χ1) is 4.43. The number of aromatic nitrogens is 2. The van der Waals surface area contributed by atoms with Crippen LogP contribution in [0, 0.1) is 11.5 Å². The molecule has 0 aliphatic carbocycles. The third-order valence-corrected chi connectivity index (χ3v) is 0.747. The van der Waals surface area contributed by atoms with Crippen molar-refractivity contribution >= 4 is 5.82 Å². The maximum absolute atomic E-state index is 8.09. The summed E-state index contributed by atoms with van der Waals surface area (Å²) in [6, 6.07) is 0. The summed E-state index contributed by atoms with van der Waals surface area (Å²) < 4.78 is 0. The van der Waals surface area contributed by atoms with Crippen LogP contribution in [-0.2, 0) is 0 Å². The predicted octanol–water partition coefficient (Wildman–Crippen LogP) is 0.370. The maximum Gasteiger partial charge on any atom is 0.182 e. The lowest BCUT2D eigenvalue weighted by Gasteiger charge is -1.89. The van der Waals surface area contributed by atoms with Crippen molar-refractivity contribution in [3.8, 4) is 6.19 Å². The van der Waals surface area contributed by atoms with Gasteiger partial charge in [0.1, 0.15) is 0 Å². The standard InChI is InChI=1S/C5H4N4/c6-4-9-5-3-7-1-2-8-5/h1-3H,(H,8,9). The van der Waals surface area contributed by atoms with Crippen LogP contribution in [0.3, 0.4) is 0 Å². The molecule has 0 aliphatic rings. The normalized spacial score (nSPS) is 7.89. The Bertz CT molecular complexity index is 212. The summed E-state index contributed by atoms with van der Waals surface area (Å²) in [4.78, 5) is 7.50. The molecule has 1 aromatic heterocycles. The largest absolute Gasteiger partial charge is 0.276 e. The minimum absolute atomic E-state index is 0.472. The predicted molar refractivity (Wildman–Crippen MR) is 31.3 cm³/mol. The van der Waals surface area contributed by atoms with E-state index in [1.165, 1.54) is 12.4 Å². The Kier molecular flexibility index (Phi) is 1.60. The molecule has 0 atom stereocenters. The van der Waals surface area contributed by atoms with Gasteiger partial charge in [-0.3, -0.25) is 10.3 Å². The summed E-state index contributed by atoms with van der Waals surface area (Å²) >= 11 is 0.